The lowest BCUT2D eigenvalue weighted by Crippen LogP contribution is -2.43. The van der Waals surface area contributed by atoms with E-state index in [-0.39, 0.29) is 11.8 Å². The number of aldehydes is 1. The Labute approximate surface area is 232 Å². The van der Waals surface area contributed by atoms with Crippen LogP contribution in [0.3, 0.4) is 0 Å². The molecule has 0 radical (unpaired) electrons. The summed E-state index contributed by atoms with van der Waals surface area (Å²) in [6, 6.07) is 5.39. The summed E-state index contributed by atoms with van der Waals surface area (Å²) < 4.78 is 5.46. The molecule has 208 valence electrons. The summed E-state index contributed by atoms with van der Waals surface area (Å²) in [5.41, 5.74) is 3.49. The first-order chi connectivity index (χ1) is 19.4. The number of amides is 2. The number of methoxy groups -OCH3 is 1. The zero-order valence-corrected chi connectivity index (χ0v) is 22.7. The van der Waals surface area contributed by atoms with Crippen molar-refractivity contribution in [2.45, 2.75) is 31.9 Å². The van der Waals surface area contributed by atoms with E-state index in [1.807, 2.05) is 28.9 Å². The number of nitrogens with zero attached hydrogens (tertiary/aromatic N) is 7. The predicted octanol–water partition coefficient (Wildman–Crippen LogP) is 1.83. The maximum atomic E-state index is 13.4. The van der Waals surface area contributed by atoms with Gasteiger partial charge in [0.1, 0.15) is 35.0 Å². The van der Waals surface area contributed by atoms with Crippen LogP contribution in [-0.4, -0.2) is 97.6 Å². The topological polar surface area (TPSA) is 135 Å². The van der Waals surface area contributed by atoms with Gasteiger partial charge in [-0.25, -0.2) is 19.6 Å². The molecule has 12 heteroatoms. The van der Waals surface area contributed by atoms with Crippen LogP contribution in [0.15, 0.2) is 24.0 Å². The Hall–Kier alpha value is -4.30. The first-order valence-electron chi connectivity index (χ1n) is 13.4. The van der Waals surface area contributed by atoms with Crippen LogP contribution in [0, 0.1) is 11.3 Å². The molecule has 5 heterocycles. The maximum Gasteiger partial charge on any atom is 0.328 e. The SMILES string of the molecule is COC1CCN(c2cc(NC(=O)N3CCCc4cc(CN5CCN(C)CC5=C=O)c(C=O)nc43)ncc2C#N)C1. The number of ether oxygens (including phenoxy) is 1. The zero-order chi connectivity index (χ0) is 28.2. The Morgan fingerprint density at radius 2 is 2.12 bits per heavy atom. The highest BCUT2D eigenvalue weighted by Gasteiger charge is 2.29. The highest BCUT2D eigenvalue weighted by molar-refractivity contribution is 6.02. The minimum absolute atomic E-state index is 0.0860. The number of hydrogen-bond donors (Lipinski definition) is 1. The van der Waals surface area contributed by atoms with Crippen molar-refractivity contribution in [3.05, 3.63) is 46.4 Å². The summed E-state index contributed by atoms with van der Waals surface area (Å²) in [6.45, 7) is 4.14. The van der Waals surface area contributed by atoms with E-state index < -0.39 is 6.03 Å². The summed E-state index contributed by atoms with van der Waals surface area (Å²) in [5.74, 6) is 2.79. The smallest absolute Gasteiger partial charge is 0.328 e. The minimum Gasteiger partial charge on any atom is -0.380 e. The summed E-state index contributed by atoms with van der Waals surface area (Å²) in [7, 11) is 3.62. The number of rotatable bonds is 6. The van der Waals surface area contributed by atoms with E-state index in [4.69, 9.17) is 4.74 Å². The molecule has 0 saturated carbocycles. The maximum absolute atomic E-state index is 13.4. The lowest BCUT2D eigenvalue weighted by molar-refractivity contribution is 0.111. The Bertz CT molecular complexity index is 1400. The number of carbonyl (C=O) groups is 2. The molecule has 2 fully saturated rings. The number of likely N-dealkylation sites (N-methyl/N-ethyl adjacent to an activating group) is 1. The van der Waals surface area contributed by atoms with Crippen LogP contribution >= 0.6 is 0 Å². The largest absolute Gasteiger partial charge is 0.380 e. The van der Waals surface area contributed by atoms with Crippen molar-refractivity contribution >= 4 is 35.6 Å². The van der Waals surface area contributed by atoms with Gasteiger partial charge in [-0.15, -0.1) is 0 Å². The van der Waals surface area contributed by atoms with E-state index in [0.29, 0.717) is 79.6 Å². The molecule has 3 aliphatic rings. The van der Waals surface area contributed by atoms with E-state index in [2.05, 4.69) is 26.3 Å². The Kier molecular flexibility index (Phi) is 8.07. The fourth-order valence-electron chi connectivity index (χ4n) is 5.50. The van der Waals surface area contributed by atoms with Gasteiger partial charge in [0.05, 0.1) is 17.4 Å². The summed E-state index contributed by atoms with van der Waals surface area (Å²) in [4.78, 5) is 53.4. The fourth-order valence-corrected chi connectivity index (χ4v) is 5.50. The third-order valence-corrected chi connectivity index (χ3v) is 7.72. The van der Waals surface area contributed by atoms with Gasteiger partial charge in [0, 0.05) is 70.7 Å². The number of urea groups is 1. The average molecular weight is 545 g/mol. The molecule has 0 aromatic carbocycles. The number of nitriles is 1. The molecular formula is C28H32N8O4. The molecule has 40 heavy (non-hydrogen) atoms. The number of hydrogen-bond acceptors (Lipinski definition) is 10. The Balaban J connectivity index is 1.36. The third kappa shape index (κ3) is 5.53. The number of pyridine rings is 2. The minimum atomic E-state index is -0.414. The number of fused-ring (bicyclic) bond motifs is 1. The monoisotopic (exact) mass is 544 g/mol. The number of carbonyl (C=O) groups excluding carboxylic acids is 3. The van der Waals surface area contributed by atoms with Crippen molar-refractivity contribution in [2.24, 2.45) is 0 Å². The number of anilines is 3. The van der Waals surface area contributed by atoms with Crippen molar-refractivity contribution in [3.63, 3.8) is 0 Å². The van der Waals surface area contributed by atoms with Crippen molar-refractivity contribution in [3.8, 4) is 6.07 Å². The van der Waals surface area contributed by atoms with Crippen LogP contribution in [0.25, 0.3) is 0 Å². The molecule has 2 aromatic rings. The van der Waals surface area contributed by atoms with E-state index in [9.17, 15) is 19.6 Å². The quantitative estimate of drug-likeness (QED) is 0.424. The van der Waals surface area contributed by atoms with Gasteiger partial charge in [-0.05, 0) is 37.9 Å². The highest BCUT2D eigenvalue weighted by atomic mass is 16.5. The molecule has 1 atom stereocenters. The van der Waals surface area contributed by atoms with Crippen molar-refractivity contribution in [1.82, 2.24) is 19.8 Å². The number of aryl methyl sites for hydroxylation is 1. The molecule has 1 N–H and O–H groups in total. The van der Waals surface area contributed by atoms with Crippen LogP contribution in [-0.2, 0) is 22.5 Å². The lowest BCUT2D eigenvalue weighted by Gasteiger charge is -2.35. The van der Waals surface area contributed by atoms with Gasteiger partial charge >= 0.3 is 6.03 Å². The van der Waals surface area contributed by atoms with Crippen molar-refractivity contribution < 1.29 is 19.1 Å². The van der Waals surface area contributed by atoms with Gasteiger partial charge in [-0.3, -0.25) is 19.9 Å². The molecule has 12 nitrogen and oxygen atoms in total. The highest BCUT2D eigenvalue weighted by Crippen LogP contribution is 2.30. The molecule has 3 aliphatic heterocycles. The molecule has 1 unspecified atom stereocenters. The van der Waals surface area contributed by atoms with Gasteiger partial charge in [-0.2, -0.15) is 5.26 Å². The molecular weight excluding hydrogens is 512 g/mol. The van der Waals surface area contributed by atoms with Crippen LogP contribution in [0.4, 0.5) is 22.1 Å². The van der Waals surface area contributed by atoms with Gasteiger partial charge in [0.25, 0.3) is 0 Å². The predicted molar refractivity (Wildman–Crippen MR) is 148 cm³/mol. The number of piperazine rings is 1. The molecule has 2 amide bonds. The van der Waals surface area contributed by atoms with E-state index in [1.54, 1.807) is 13.2 Å². The van der Waals surface area contributed by atoms with E-state index in [1.165, 1.54) is 11.1 Å². The van der Waals surface area contributed by atoms with Crippen molar-refractivity contribution in [2.75, 3.05) is 68.5 Å². The van der Waals surface area contributed by atoms with Crippen LogP contribution in [0.2, 0.25) is 0 Å². The summed E-state index contributed by atoms with van der Waals surface area (Å²) in [5, 5.41) is 12.4. The fraction of sp³-hybridized carbons (Fsp3) is 0.464. The van der Waals surface area contributed by atoms with Crippen molar-refractivity contribution in [1.29, 1.82) is 5.26 Å². The standard InChI is InChI=1S/C28H32N8O4/c1-33-8-9-34(22(15-33)17-37)14-20-10-19-4-3-6-36(27(19)31-24(20)18-38)28(39)32-26-11-25(21(12-29)13-30-26)35-7-5-23(16-35)40-2/h10-11,13,18,23H,3-9,14-16H2,1-2H3,(H,30,32,39). The first kappa shape index (κ1) is 27.3. The second-order valence-electron chi connectivity index (χ2n) is 10.3. The van der Waals surface area contributed by atoms with Crippen LogP contribution in [0.5, 0.6) is 0 Å². The molecule has 2 saturated heterocycles. The van der Waals surface area contributed by atoms with Gasteiger partial charge in [0.2, 0.25) is 0 Å². The normalized spacial score (nSPS) is 19.2. The first-order valence-corrected chi connectivity index (χ1v) is 13.4. The molecule has 5 rings (SSSR count). The Morgan fingerprint density at radius 3 is 2.85 bits per heavy atom. The lowest BCUT2D eigenvalue weighted by atomic mass is 10.0. The zero-order valence-electron chi connectivity index (χ0n) is 22.7. The number of nitrogens with one attached hydrogen (secondary N) is 1. The second-order valence-corrected chi connectivity index (χ2v) is 10.3. The molecule has 0 bridgehead atoms. The Morgan fingerprint density at radius 1 is 1.27 bits per heavy atom. The summed E-state index contributed by atoms with van der Waals surface area (Å²) in [6.07, 6.45) is 4.54. The average Bonchev–Trinajstić information content (AvgIpc) is 3.46. The van der Waals surface area contributed by atoms with Gasteiger partial charge in [-0.1, -0.05) is 0 Å². The van der Waals surface area contributed by atoms with Gasteiger partial charge in [0.15, 0.2) is 6.29 Å². The van der Waals surface area contributed by atoms with E-state index in [0.717, 1.165) is 31.5 Å². The molecule has 2 aromatic heterocycles. The second kappa shape index (κ2) is 11.8. The number of aromatic nitrogens is 2. The van der Waals surface area contributed by atoms with Gasteiger partial charge < -0.3 is 14.5 Å². The van der Waals surface area contributed by atoms with Crippen LogP contribution in [0.1, 0.15) is 40.0 Å². The van der Waals surface area contributed by atoms with Crippen LogP contribution < -0.4 is 15.1 Å². The van der Waals surface area contributed by atoms with E-state index >= 15 is 0 Å². The molecule has 0 aliphatic carbocycles. The summed E-state index contributed by atoms with van der Waals surface area (Å²) >= 11 is 0. The third-order valence-electron chi connectivity index (χ3n) is 7.72. The molecule has 0 spiro atoms.